The summed E-state index contributed by atoms with van der Waals surface area (Å²) in [5.74, 6) is 1.87. The van der Waals surface area contributed by atoms with Gasteiger partial charge < -0.3 is 19.5 Å². The van der Waals surface area contributed by atoms with Crippen LogP contribution in [-0.4, -0.2) is 41.5 Å². The lowest BCUT2D eigenvalue weighted by molar-refractivity contribution is -0.188. The van der Waals surface area contributed by atoms with Crippen LogP contribution in [0.1, 0.15) is 51.0 Å². The number of aromatic nitrogens is 6. The first-order valence-corrected chi connectivity index (χ1v) is 14.0. The van der Waals surface area contributed by atoms with E-state index in [1.54, 1.807) is 23.3 Å². The molecule has 0 amide bonds. The summed E-state index contributed by atoms with van der Waals surface area (Å²) < 4.78 is 25.0. The highest BCUT2D eigenvalue weighted by atomic mass is 32.2. The van der Waals surface area contributed by atoms with Crippen molar-refractivity contribution in [1.82, 2.24) is 29.1 Å². The first-order chi connectivity index (χ1) is 18.2. The third-order valence-corrected chi connectivity index (χ3v) is 7.86. The predicted molar refractivity (Wildman–Crippen MR) is 139 cm³/mol. The number of rotatable bonds is 8. The molecular weight excluding hydrogens is 510 g/mol. The Balaban J connectivity index is 1.22. The summed E-state index contributed by atoms with van der Waals surface area (Å²) in [5.41, 5.74) is 0. The zero-order valence-corrected chi connectivity index (χ0v) is 22.0. The number of nitrogens with zero attached hydrogens (tertiary/aromatic N) is 6. The van der Waals surface area contributed by atoms with Crippen molar-refractivity contribution in [2.45, 2.75) is 67.4 Å². The Hall–Kier alpha value is -3.06. The minimum Gasteiger partial charge on any atom is -0.435 e. The first-order valence-electron chi connectivity index (χ1n) is 12.4. The summed E-state index contributed by atoms with van der Waals surface area (Å²) in [6.45, 7) is 3.18. The van der Waals surface area contributed by atoms with Crippen LogP contribution in [0.4, 0.5) is 10.9 Å². The fraction of sp³-hybridized carbons (Fsp3) is 0.400. The van der Waals surface area contributed by atoms with E-state index < -0.39 is 5.79 Å². The highest BCUT2D eigenvalue weighted by molar-refractivity contribution is 7.99. The number of ether oxygens (including phenoxy) is 3. The van der Waals surface area contributed by atoms with Crippen LogP contribution in [0.3, 0.4) is 0 Å². The standard InChI is InChI=1S/C25H27N7O3S2/c1-2-32-21(9-13-28-32)34-18-14-17(36-20-8-4-7-12-26-20)15-27-22(18)29-24-30-23(31-37-24)19-16-33-25(35-19)10-5-3-6-11-25/h4,7-9,12-15,19H,2-3,5-6,10-11,16H2,1H3,(H,27,29,30,31). The Kier molecular flexibility index (Phi) is 7.05. The van der Waals surface area contributed by atoms with E-state index in [-0.39, 0.29) is 6.10 Å². The molecule has 6 rings (SSSR count). The maximum atomic E-state index is 6.30. The van der Waals surface area contributed by atoms with Gasteiger partial charge in [0.15, 0.2) is 23.2 Å². The van der Waals surface area contributed by atoms with Crippen LogP contribution in [-0.2, 0) is 16.0 Å². The van der Waals surface area contributed by atoms with E-state index in [9.17, 15) is 0 Å². The van der Waals surface area contributed by atoms with Gasteiger partial charge in [0.25, 0.3) is 0 Å². The van der Waals surface area contributed by atoms with Crippen molar-refractivity contribution in [3.05, 3.63) is 54.7 Å². The quantitative estimate of drug-likeness (QED) is 0.288. The Bertz CT molecular complexity index is 1340. The third-order valence-electron chi connectivity index (χ3n) is 6.30. The van der Waals surface area contributed by atoms with Crippen molar-refractivity contribution in [2.24, 2.45) is 0 Å². The maximum absolute atomic E-state index is 6.30. The van der Waals surface area contributed by atoms with Crippen molar-refractivity contribution in [2.75, 3.05) is 11.9 Å². The van der Waals surface area contributed by atoms with Crippen molar-refractivity contribution in [3.8, 4) is 11.6 Å². The largest absolute Gasteiger partial charge is 0.435 e. The maximum Gasteiger partial charge on any atom is 0.217 e. The summed E-state index contributed by atoms with van der Waals surface area (Å²) in [6, 6.07) is 9.57. The van der Waals surface area contributed by atoms with Crippen LogP contribution in [0, 0.1) is 0 Å². The second kappa shape index (κ2) is 10.7. The van der Waals surface area contributed by atoms with E-state index in [2.05, 4.69) is 24.8 Å². The molecule has 0 aromatic carbocycles. The fourth-order valence-electron chi connectivity index (χ4n) is 4.49. The molecule has 1 aliphatic carbocycles. The molecule has 5 heterocycles. The average molecular weight is 538 g/mol. The molecule has 192 valence electrons. The van der Waals surface area contributed by atoms with Gasteiger partial charge in [-0.3, -0.25) is 0 Å². The average Bonchev–Trinajstić information content (AvgIpc) is 3.67. The van der Waals surface area contributed by atoms with Gasteiger partial charge in [0, 0.05) is 60.3 Å². The van der Waals surface area contributed by atoms with Crippen LogP contribution >= 0.6 is 23.3 Å². The van der Waals surface area contributed by atoms with Gasteiger partial charge in [0.2, 0.25) is 11.0 Å². The number of anilines is 2. The zero-order valence-electron chi connectivity index (χ0n) is 20.4. The summed E-state index contributed by atoms with van der Waals surface area (Å²) >= 11 is 2.77. The SMILES string of the molecule is CCn1nccc1Oc1cc(Sc2ccccn2)cnc1Nc1nc(C2COC3(CCCCC3)O2)ns1. The van der Waals surface area contributed by atoms with Gasteiger partial charge in [-0.15, -0.1) is 0 Å². The van der Waals surface area contributed by atoms with Gasteiger partial charge in [-0.1, -0.05) is 24.2 Å². The Morgan fingerprint density at radius 2 is 2.11 bits per heavy atom. The number of nitrogens with one attached hydrogen (secondary N) is 1. The van der Waals surface area contributed by atoms with Crippen molar-refractivity contribution < 1.29 is 14.2 Å². The zero-order chi connectivity index (χ0) is 25.1. The van der Waals surface area contributed by atoms with Crippen molar-refractivity contribution in [3.63, 3.8) is 0 Å². The van der Waals surface area contributed by atoms with Gasteiger partial charge >= 0.3 is 0 Å². The van der Waals surface area contributed by atoms with Gasteiger partial charge in [-0.05, 0) is 31.9 Å². The van der Waals surface area contributed by atoms with Crippen LogP contribution in [0.2, 0.25) is 0 Å². The number of hydrogen-bond donors (Lipinski definition) is 1. The fourth-order valence-corrected chi connectivity index (χ4v) is 5.88. The Morgan fingerprint density at radius 1 is 1.19 bits per heavy atom. The van der Waals surface area contributed by atoms with Crippen LogP contribution in [0.5, 0.6) is 11.6 Å². The normalized spacial score (nSPS) is 18.8. The summed E-state index contributed by atoms with van der Waals surface area (Å²) in [6.07, 6.45) is 10.4. The van der Waals surface area contributed by atoms with E-state index >= 15 is 0 Å². The Morgan fingerprint density at radius 3 is 2.95 bits per heavy atom. The van der Waals surface area contributed by atoms with Crippen molar-refractivity contribution in [1.29, 1.82) is 0 Å². The minimum absolute atomic E-state index is 0.260. The first kappa shape index (κ1) is 24.3. The molecule has 1 unspecified atom stereocenters. The number of pyridine rings is 2. The highest BCUT2D eigenvalue weighted by Gasteiger charge is 2.44. The molecule has 1 aliphatic heterocycles. The molecule has 1 saturated carbocycles. The van der Waals surface area contributed by atoms with Gasteiger partial charge in [-0.25, -0.2) is 19.6 Å². The molecule has 1 N–H and O–H groups in total. The minimum atomic E-state index is -0.465. The summed E-state index contributed by atoms with van der Waals surface area (Å²) in [7, 11) is 0. The predicted octanol–water partition coefficient (Wildman–Crippen LogP) is 5.98. The molecule has 0 bridgehead atoms. The molecule has 1 saturated heterocycles. The lowest BCUT2D eigenvalue weighted by Gasteiger charge is -2.31. The van der Waals surface area contributed by atoms with Gasteiger partial charge in [0.05, 0.1) is 12.8 Å². The summed E-state index contributed by atoms with van der Waals surface area (Å²) in [4.78, 5) is 14.6. The molecule has 2 fully saturated rings. The molecule has 12 heteroatoms. The molecule has 10 nitrogen and oxygen atoms in total. The summed E-state index contributed by atoms with van der Waals surface area (Å²) in [5, 5.41) is 9.07. The smallest absolute Gasteiger partial charge is 0.217 e. The monoisotopic (exact) mass is 537 g/mol. The number of aryl methyl sites for hydroxylation is 1. The van der Waals surface area contributed by atoms with E-state index in [0.717, 1.165) is 35.6 Å². The topological polar surface area (TPSA) is 109 Å². The second-order valence-electron chi connectivity index (χ2n) is 8.85. The van der Waals surface area contributed by atoms with Crippen LogP contribution in [0.15, 0.2) is 58.8 Å². The van der Waals surface area contributed by atoms with Gasteiger partial charge in [-0.2, -0.15) is 9.47 Å². The van der Waals surface area contributed by atoms with E-state index in [4.69, 9.17) is 19.2 Å². The molecule has 4 aromatic rings. The molecule has 1 spiro atoms. The molecule has 37 heavy (non-hydrogen) atoms. The van der Waals surface area contributed by atoms with Crippen LogP contribution in [0.25, 0.3) is 0 Å². The Labute approximate surface area is 223 Å². The molecule has 1 atom stereocenters. The van der Waals surface area contributed by atoms with Crippen LogP contribution < -0.4 is 10.1 Å². The lowest BCUT2D eigenvalue weighted by atomic mass is 9.94. The highest BCUT2D eigenvalue weighted by Crippen LogP contribution is 2.42. The van der Waals surface area contributed by atoms with Crippen molar-refractivity contribution >= 4 is 34.2 Å². The molecule has 4 aromatic heterocycles. The molecular formula is C25H27N7O3S2. The van der Waals surface area contributed by atoms with Gasteiger partial charge in [0.1, 0.15) is 11.1 Å². The van der Waals surface area contributed by atoms with E-state index in [0.29, 0.717) is 41.6 Å². The number of hydrogen-bond acceptors (Lipinski definition) is 11. The lowest BCUT2D eigenvalue weighted by Crippen LogP contribution is -2.32. The third kappa shape index (κ3) is 5.47. The second-order valence-corrected chi connectivity index (χ2v) is 10.7. The molecule has 0 radical (unpaired) electrons. The molecule has 2 aliphatic rings. The van der Waals surface area contributed by atoms with E-state index in [1.807, 2.05) is 37.3 Å². The van der Waals surface area contributed by atoms with E-state index in [1.165, 1.54) is 29.7 Å².